The molecule has 1 fully saturated rings. The van der Waals surface area contributed by atoms with E-state index in [1.54, 1.807) is 6.92 Å². The van der Waals surface area contributed by atoms with Crippen molar-refractivity contribution in [3.63, 3.8) is 0 Å². The molecule has 14 heavy (non-hydrogen) atoms. The lowest BCUT2D eigenvalue weighted by Gasteiger charge is -2.19. The molecule has 0 bridgehead atoms. The van der Waals surface area contributed by atoms with Gasteiger partial charge >= 0.3 is 0 Å². The van der Waals surface area contributed by atoms with Gasteiger partial charge in [-0.25, -0.2) is 0 Å². The second-order valence-corrected chi connectivity index (χ2v) is 3.39. The van der Waals surface area contributed by atoms with Crippen LogP contribution in [0.5, 0.6) is 0 Å². The van der Waals surface area contributed by atoms with Gasteiger partial charge in [0.25, 0.3) is 0 Å². The molecule has 1 aliphatic heterocycles. The highest BCUT2D eigenvalue weighted by atomic mass is 16.7. The summed E-state index contributed by atoms with van der Waals surface area (Å²) in [5.41, 5.74) is 5.32. The summed E-state index contributed by atoms with van der Waals surface area (Å²) in [6, 6.07) is 0. The van der Waals surface area contributed by atoms with Crippen molar-refractivity contribution in [3.05, 3.63) is 0 Å². The molecule has 6 heteroatoms. The van der Waals surface area contributed by atoms with Gasteiger partial charge in [-0.1, -0.05) is 0 Å². The average molecular weight is 207 g/mol. The van der Waals surface area contributed by atoms with E-state index in [9.17, 15) is 10.2 Å². The van der Waals surface area contributed by atoms with Gasteiger partial charge in [0.15, 0.2) is 6.29 Å². The molecular weight excluding hydrogens is 190 g/mol. The number of nitrogens with two attached hydrogens (primary N) is 1. The fourth-order valence-electron chi connectivity index (χ4n) is 1.26. The number of hydrogen-bond acceptors (Lipinski definition) is 6. The predicted octanol–water partition coefficient (Wildman–Crippen LogP) is -2.21. The van der Waals surface area contributed by atoms with E-state index in [-0.39, 0.29) is 12.7 Å². The van der Waals surface area contributed by atoms with Crippen LogP contribution in [0.25, 0.3) is 0 Å². The molecule has 84 valence electrons. The summed E-state index contributed by atoms with van der Waals surface area (Å²) in [4.78, 5) is 0. The minimum Gasteiger partial charge on any atom is -0.394 e. The molecule has 1 unspecified atom stereocenters. The van der Waals surface area contributed by atoms with Crippen molar-refractivity contribution >= 4 is 0 Å². The van der Waals surface area contributed by atoms with E-state index in [0.717, 1.165) is 0 Å². The maximum absolute atomic E-state index is 9.45. The summed E-state index contributed by atoms with van der Waals surface area (Å²) in [7, 11) is 0. The molecule has 0 aromatic heterocycles. The molecule has 0 amide bonds. The Morgan fingerprint density at radius 3 is 2.50 bits per heavy atom. The van der Waals surface area contributed by atoms with Gasteiger partial charge in [-0.15, -0.1) is 0 Å². The van der Waals surface area contributed by atoms with Crippen LogP contribution in [0.1, 0.15) is 6.92 Å². The molecule has 0 aromatic carbocycles. The van der Waals surface area contributed by atoms with E-state index in [2.05, 4.69) is 0 Å². The highest BCUT2D eigenvalue weighted by Crippen LogP contribution is 2.22. The summed E-state index contributed by atoms with van der Waals surface area (Å²) < 4.78 is 10.3. The van der Waals surface area contributed by atoms with E-state index in [1.165, 1.54) is 0 Å². The molecule has 5 atom stereocenters. The molecule has 0 saturated carbocycles. The van der Waals surface area contributed by atoms with Crippen molar-refractivity contribution in [2.75, 3.05) is 13.2 Å². The lowest BCUT2D eigenvalue weighted by molar-refractivity contribution is -0.188. The normalized spacial score (nSPS) is 40.1. The van der Waals surface area contributed by atoms with Gasteiger partial charge in [-0.3, -0.25) is 0 Å². The zero-order chi connectivity index (χ0) is 10.7. The first-order chi connectivity index (χ1) is 6.60. The lowest BCUT2D eigenvalue weighted by Crippen LogP contribution is -2.36. The van der Waals surface area contributed by atoms with Crippen LogP contribution < -0.4 is 5.73 Å². The summed E-state index contributed by atoms with van der Waals surface area (Å²) in [6.45, 7) is 1.68. The highest BCUT2D eigenvalue weighted by Gasteiger charge is 2.43. The largest absolute Gasteiger partial charge is 0.394 e. The second kappa shape index (κ2) is 5.01. The molecule has 1 saturated heterocycles. The maximum Gasteiger partial charge on any atom is 0.187 e. The molecule has 6 nitrogen and oxygen atoms in total. The van der Waals surface area contributed by atoms with E-state index in [0.29, 0.717) is 6.54 Å². The Morgan fingerprint density at radius 1 is 1.43 bits per heavy atom. The van der Waals surface area contributed by atoms with Crippen LogP contribution >= 0.6 is 0 Å². The van der Waals surface area contributed by atoms with Crippen molar-refractivity contribution in [2.24, 2.45) is 5.73 Å². The molecule has 5 N–H and O–H groups in total. The fraction of sp³-hybridized carbons (Fsp3) is 1.00. The Hall–Kier alpha value is -0.240. The second-order valence-electron chi connectivity index (χ2n) is 3.39. The SMILES string of the molecule is CC(CN)O[C@H]1O[C@H](CO)[C@H](O)[C@H]1O. The van der Waals surface area contributed by atoms with Crippen molar-refractivity contribution in [2.45, 2.75) is 37.6 Å². The monoisotopic (exact) mass is 207 g/mol. The third kappa shape index (κ3) is 2.41. The van der Waals surface area contributed by atoms with Crippen LogP contribution in [-0.4, -0.2) is 59.2 Å². The summed E-state index contributed by atoms with van der Waals surface area (Å²) >= 11 is 0. The summed E-state index contributed by atoms with van der Waals surface area (Å²) in [5, 5.41) is 27.6. The Bertz CT molecular complexity index is 177. The van der Waals surface area contributed by atoms with Gasteiger partial charge in [-0.2, -0.15) is 0 Å². The van der Waals surface area contributed by atoms with Gasteiger partial charge in [0.1, 0.15) is 18.3 Å². The van der Waals surface area contributed by atoms with Crippen LogP contribution in [0.2, 0.25) is 0 Å². The van der Waals surface area contributed by atoms with Crippen LogP contribution in [0.15, 0.2) is 0 Å². The number of hydrogen-bond donors (Lipinski definition) is 4. The van der Waals surface area contributed by atoms with Gasteiger partial charge in [0.2, 0.25) is 0 Å². The van der Waals surface area contributed by atoms with Gasteiger partial charge < -0.3 is 30.5 Å². The zero-order valence-electron chi connectivity index (χ0n) is 8.04. The predicted molar refractivity (Wildman–Crippen MR) is 47.4 cm³/mol. The smallest absolute Gasteiger partial charge is 0.187 e. The third-order valence-corrected chi connectivity index (χ3v) is 2.20. The van der Waals surface area contributed by atoms with Crippen molar-refractivity contribution < 1.29 is 24.8 Å². The van der Waals surface area contributed by atoms with Crippen LogP contribution in [0.4, 0.5) is 0 Å². The molecule has 1 aliphatic rings. The Kier molecular flexibility index (Phi) is 4.24. The number of aliphatic hydroxyl groups is 3. The van der Waals surface area contributed by atoms with Crippen LogP contribution in [0.3, 0.4) is 0 Å². The van der Waals surface area contributed by atoms with Crippen molar-refractivity contribution in [1.29, 1.82) is 0 Å². The van der Waals surface area contributed by atoms with Crippen molar-refractivity contribution in [1.82, 2.24) is 0 Å². The number of ether oxygens (including phenoxy) is 2. The van der Waals surface area contributed by atoms with E-state index >= 15 is 0 Å². The van der Waals surface area contributed by atoms with E-state index < -0.39 is 24.6 Å². The maximum atomic E-state index is 9.45. The average Bonchev–Trinajstić information content (AvgIpc) is 2.45. The first-order valence-electron chi connectivity index (χ1n) is 4.58. The quantitative estimate of drug-likeness (QED) is 0.416. The summed E-state index contributed by atoms with van der Waals surface area (Å²) in [5.74, 6) is 0. The molecule has 0 radical (unpaired) electrons. The number of aliphatic hydroxyl groups excluding tert-OH is 3. The number of rotatable bonds is 4. The molecule has 0 spiro atoms. The Morgan fingerprint density at radius 2 is 2.07 bits per heavy atom. The molecule has 1 rings (SSSR count). The molecule has 1 heterocycles. The van der Waals surface area contributed by atoms with E-state index in [4.69, 9.17) is 20.3 Å². The zero-order valence-corrected chi connectivity index (χ0v) is 8.04. The minimum absolute atomic E-state index is 0.265. The lowest BCUT2D eigenvalue weighted by atomic mass is 10.1. The molecule has 0 aliphatic carbocycles. The Balaban J connectivity index is 2.48. The van der Waals surface area contributed by atoms with E-state index in [1.807, 2.05) is 0 Å². The van der Waals surface area contributed by atoms with Gasteiger partial charge in [0.05, 0.1) is 12.7 Å². The van der Waals surface area contributed by atoms with Gasteiger partial charge in [-0.05, 0) is 6.92 Å². The minimum atomic E-state index is -1.14. The Labute approximate surface area is 82.2 Å². The molecular formula is C8H17NO5. The van der Waals surface area contributed by atoms with Crippen LogP contribution in [-0.2, 0) is 9.47 Å². The first kappa shape index (κ1) is 11.8. The standard InChI is InChI=1S/C8H17NO5/c1-4(2-9)13-8-7(12)6(11)5(3-10)14-8/h4-8,10-12H,2-3,9H2,1H3/t4?,5-,6+,7-,8+/m1/s1. The first-order valence-corrected chi connectivity index (χ1v) is 4.58. The molecule has 0 aromatic rings. The fourth-order valence-corrected chi connectivity index (χ4v) is 1.26. The van der Waals surface area contributed by atoms with Gasteiger partial charge in [0, 0.05) is 6.54 Å². The topological polar surface area (TPSA) is 105 Å². The third-order valence-electron chi connectivity index (χ3n) is 2.20. The van der Waals surface area contributed by atoms with Crippen LogP contribution in [0, 0.1) is 0 Å². The van der Waals surface area contributed by atoms with Crippen molar-refractivity contribution in [3.8, 4) is 0 Å². The highest BCUT2D eigenvalue weighted by molar-refractivity contribution is 4.86. The summed E-state index contributed by atoms with van der Waals surface area (Å²) in [6.07, 6.45) is -4.23.